The van der Waals surface area contributed by atoms with E-state index in [2.05, 4.69) is 15.5 Å². The van der Waals surface area contributed by atoms with E-state index in [9.17, 15) is 37.5 Å². The molecule has 0 bridgehead atoms. The molecule has 6 atom stereocenters. The van der Waals surface area contributed by atoms with Crippen LogP contribution in [0.4, 0.5) is 18.9 Å². The Kier molecular flexibility index (Phi) is 6.73. The molecule has 4 amide bonds. The second-order valence-electron chi connectivity index (χ2n) is 12.2. The summed E-state index contributed by atoms with van der Waals surface area (Å²) < 4.78 is 44.3. The van der Waals surface area contributed by atoms with Gasteiger partial charge in [-0.1, -0.05) is 59.7 Å². The van der Waals surface area contributed by atoms with E-state index >= 15 is 0 Å². The van der Waals surface area contributed by atoms with Crippen molar-refractivity contribution < 1.29 is 42.2 Å². The van der Waals surface area contributed by atoms with E-state index in [1.807, 2.05) is 6.92 Å². The number of fused-ring (bicyclic) bond motifs is 4. The summed E-state index contributed by atoms with van der Waals surface area (Å²) in [5.41, 5.74) is 3.41. The first-order chi connectivity index (χ1) is 21.9. The van der Waals surface area contributed by atoms with Crippen molar-refractivity contribution in [2.24, 2.45) is 23.7 Å². The number of carbonyl (C=O) groups excluding carboxylic acids is 4. The van der Waals surface area contributed by atoms with Crippen LogP contribution in [0.25, 0.3) is 0 Å². The maximum absolute atomic E-state index is 15.0. The molecule has 2 aliphatic carbocycles. The van der Waals surface area contributed by atoms with Gasteiger partial charge in [-0.15, -0.1) is 13.2 Å². The molecule has 236 valence electrons. The van der Waals surface area contributed by atoms with E-state index in [4.69, 9.17) is 0 Å². The smallest absolute Gasteiger partial charge is 0.508 e. The number of phenols is 1. The van der Waals surface area contributed by atoms with E-state index in [-0.39, 0.29) is 18.4 Å². The fourth-order valence-electron chi connectivity index (χ4n) is 7.96. The lowest BCUT2D eigenvalue weighted by molar-refractivity contribution is -0.274. The van der Waals surface area contributed by atoms with Gasteiger partial charge in [0.05, 0.1) is 28.9 Å². The summed E-state index contributed by atoms with van der Waals surface area (Å²) in [5, 5.41) is 14.6. The van der Waals surface area contributed by atoms with Crippen LogP contribution in [0.15, 0.2) is 84.4 Å². The Bertz CT molecular complexity index is 1810. The zero-order chi connectivity index (χ0) is 32.5. The number of anilines is 1. The van der Waals surface area contributed by atoms with Crippen LogP contribution < -0.4 is 15.5 Å². The molecule has 7 rings (SSSR count). The van der Waals surface area contributed by atoms with Crippen LogP contribution >= 0.6 is 0 Å². The Morgan fingerprint density at radius 3 is 2.37 bits per heavy atom. The predicted molar refractivity (Wildman–Crippen MR) is 157 cm³/mol. The van der Waals surface area contributed by atoms with Crippen molar-refractivity contribution in [2.45, 2.75) is 37.5 Å². The number of aromatic hydroxyl groups is 1. The van der Waals surface area contributed by atoms with Gasteiger partial charge in [-0.3, -0.25) is 29.9 Å². The summed E-state index contributed by atoms with van der Waals surface area (Å²) in [7, 11) is 0. The standard InChI is InChI=1S/C34H28F3N3O6/c1-17-7-9-19(10-8-17)39-40-31(44)25-16-23-21(12-13-22-27(23)30(43)38-29(22)42)28(33(25,32(40)45)18-5-3-2-4-6-18)24-15-20(11-14-26(24)41)46-34(35,36)37/h2-12,14-15,22-23,25,27-28,39,41H,13,16H2,1H3,(H,38,42,43)/t22-,23+,25-,27-,28+,33+/m0/s1. The number of carbonyl (C=O) groups is 4. The first kappa shape index (κ1) is 29.6. The summed E-state index contributed by atoms with van der Waals surface area (Å²) in [6.07, 6.45) is -3.17. The number of aryl methyl sites for hydroxylation is 1. The highest BCUT2D eigenvalue weighted by atomic mass is 19.4. The summed E-state index contributed by atoms with van der Waals surface area (Å²) in [5.74, 6) is -7.89. The molecule has 3 N–H and O–H groups in total. The van der Waals surface area contributed by atoms with Gasteiger partial charge in [-0.2, -0.15) is 5.01 Å². The highest BCUT2D eigenvalue weighted by molar-refractivity contribution is 6.13. The lowest BCUT2D eigenvalue weighted by atomic mass is 9.49. The molecule has 3 fully saturated rings. The number of alkyl halides is 3. The molecular formula is C34H28F3N3O6. The number of phenolic OH excluding ortho intramolecular Hbond substituents is 1. The van der Waals surface area contributed by atoms with E-state index < -0.39 is 76.5 Å². The van der Waals surface area contributed by atoms with Gasteiger partial charge in [-0.25, -0.2) is 0 Å². The maximum Gasteiger partial charge on any atom is 0.573 e. The van der Waals surface area contributed by atoms with Gasteiger partial charge >= 0.3 is 6.36 Å². The van der Waals surface area contributed by atoms with Crippen LogP contribution in [0.1, 0.15) is 35.4 Å². The summed E-state index contributed by atoms with van der Waals surface area (Å²) in [6.45, 7) is 1.88. The monoisotopic (exact) mass is 631 g/mol. The number of benzene rings is 3. The number of ether oxygens (including phenoxy) is 1. The van der Waals surface area contributed by atoms with Gasteiger partial charge in [0.2, 0.25) is 11.8 Å². The Labute approximate surface area is 261 Å². The topological polar surface area (TPSA) is 125 Å². The van der Waals surface area contributed by atoms with Crippen LogP contribution in [0, 0.1) is 30.6 Å². The van der Waals surface area contributed by atoms with Crippen LogP contribution in [0.2, 0.25) is 0 Å². The largest absolute Gasteiger partial charge is 0.573 e. The number of allylic oxidation sites excluding steroid dienone is 2. The summed E-state index contributed by atoms with van der Waals surface area (Å²) in [4.78, 5) is 55.3. The first-order valence-electron chi connectivity index (χ1n) is 14.8. The molecule has 1 saturated carbocycles. The number of halogens is 3. The fraction of sp³-hybridized carbons (Fsp3) is 0.294. The van der Waals surface area contributed by atoms with E-state index in [1.165, 1.54) is 0 Å². The predicted octanol–water partition coefficient (Wildman–Crippen LogP) is 4.87. The second-order valence-corrected chi connectivity index (χ2v) is 12.2. The third-order valence-corrected chi connectivity index (χ3v) is 9.78. The minimum absolute atomic E-state index is 0.00918. The zero-order valence-corrected chi connectivity index (χ0v) is 24.4. The summed E-state index contributed by atoms with van der Waals surface area (Å²) in [6, 6.07) is 18.5. The molecule has 0 radical (unpaired) electrons. The number of hydrogen-bond acceptors (Lipinski definition) is 7. The van der Waals surface area contributed by atoms with Crippen LogP contribution in [0.3, 0.4) is 0 Å². The molecule has 0 aromatic heterocycles. The Hall–Kier alpha value is -5.13. The molecule has 9 nitrogen and oxygen atoms in total. The van der Waals surface area contributed by atoms with Gasteiger partial charge in [-0.05, 0) is 61.6 Å². The van der Waals surface area contributed by atoms with Crippen molar-refractivity contribution >= 4 is 29.3 Å². The molecule has 2 heterocycles. The maximum atomic E-state index is 15.0. The van der Waals surface area contributed by atoms with Crippen molar-refractivity contribution in [3.8, 4) is 11.5 Å². The molecular weight excluding hydrogens is 603 g/mol. The van der Waals surface area contributed by atoms with Gasteiger partial charge < -0.3 is 9.84 Å². The highest BCUT2D eigenvalue weighted by Crippen LogP contribution is 2.64. The van der Waals surface area contributed by atoms with E-state index in [1.54, 1.807) is 60.7 Å². The highest BCUT2D eigenvalue weighted by Gasteiger charge is 2.70. The lowest BCUT2D eigenvalue weighted by Crippen LogP contribution is -2.53. The number of nitrogens with one attached hydrogen (secondary N) is 2. The van der Waals surface area contributed by atoms with Crippen molar-refractivity contribution in [2.75, 3.05) is 5.43 Å². The molecule has 3 aromatic carbocycles. The number of nitrogens with zero attached hydrogens (tertiary/aromatic N) is 1. The lowest BCUT2D eigenvalue weighted by Gasteiger charge is -2.50. The van der Waals surface area contributed by atoms with Crippen LogP contribution in [-0.4, -0.2) is 40.1 Å². The number of amides is 4. The molecule has 2 aliphatic heterocycles. The average Bonchev–Trinajstić information content (AvgIpc) is 3.43. The molecule has 4 aliphatic rings. The minimum atomic E-state index is -5.05. The molecule has 2 saturated heterocycles. The number of rotatable bonds is 5. The van der Waals surface area contributed by atoms with E-state index in [0.717, 1.165) is 28.8 Å². The van der Waals surface area contributed by atoms with Gasteiger partial charge in [0.25, 0.3) is 11.8 Å². The first-order valence-corrected chi connectivity index (χ1v) is 14.8. The van der Waals surface area contributed by atoms with Crippen molar-refractivity contribution in [1.29, 1.82) is 0 Å². The van der Waals surface area contributed by atoms with Crippen molar-refractivity contribution in [3.05, 3.63) is 101 Å². The third-order valence-electron chi connectivity index (χ3n) is 9.78. The zero-order valence-electron chi connectivity index (χ0n) is 24.4. The second kappa shape index (κ2) is 10.5. The number of hydrazine groups is 1. The van der Waals surface area contributed by atoms with Crippen LogP contribution in [0.5, 0.6) is 11.5 Å². The summed E-state index contributed by atoms with van der Waals surface area (Å²) >= 11 is 0. The Balaban J connectivity index is 1.48. The fourth-order valence-corrected chi connectivity index (χ4v) is 7.96. The molecule has 12 heteroatoms. The Morgan fingerprint density at radius 2 is 1.67 bits per heavy atom. The van der Waals surface area contributed by atoms with Crippen molar-refractivity contribution in [1.82, 2.24) is 10.3 Å². The van der Waals surface area contributed by atoms with E-state index in [0.29, 0.717) is 16.8 Å². The molecule has 46 heavy (non-hydrogen) atoms. The normalized spacial score (nSPS) is 28.7. The van der Waals surface area contributed by atoms with Gasteiger partial charge in [0.1, 0.15) is 11.5 Å². The minimum Gasteiger partial charge on any atom is -0.508 e. The third kappa shape index (κ3) is 4.45. The van der Waals surface area contributed by atoms with Gasteiger partial charge in [0.15, 0.2) is 0 Å². The Morgan fingerprint density at radius 1 is 0.957 bits per heavy atom. The quantitative estimate of drug-likeness (QED) is 0.271. The number of imide groups is 2. The number of hydrogen-bond donors (Lipinski definition) is 3. The SMILES string of the molecule is Cc1ccc(NN2C(=O)[C@@H]3C[C@@H]4C(=CC[C@@H]5C(=O)NC(=O)[C@@H]54)[C@H](c4cc(OC(F)(F)F)ccc4O)[C@]3(c3ccccc3)C2=O)cc1. The molecule has 3 aromatic rings. The average molecular weight is 632 g/mol. The van der Waals surface area contributed by atoms with Gasteiger partial charge in [0, 0.05) is 11.5 Å². The molecule has 0 unspecified atom stereocenters. The van der Waals surface area contributed by atoms with Crippen LogP contribution in [-0.2, 0) is 24.6 Å². The molecule has 0 spiro atoms. The van der Waals surface area contributed by atoms with Crippen molar-refractivity contribution in [3.63, 3.8) is 0 Å².